The normalized spacial score (nSPS) is 25.4. The largest absolute Gasteiger partial charge is 0.394 e. The molecule has 0 aromatic heterocycles. The van der Waals surface area contributed by atoms with Gasteiger partial charge in [-0.15, -0.1) is 0 Å². The lowest BCUT2D eigenvalue weighted by Gasteiger charge is -2.37. The summed E-state index contributed by atoms with van der Waals surface area (Å²) in [5.41, 5.74) is 8.14. The van der Waals surface area contributed by atoms with Crippen LogP contribution in [0, 0.1) is 0 Å². The summed E-state index contributed by atoms with van der Waals surface area (Å²) in [7, 11) is 0. The number of rotatable bonds is 3. The van der Waals surface area contributed by atoms with Crippen LogP contribution in [0.25, 0.3) is 0 Å². The number of morpholine rings is 1. The maximum Gasteiger partial charge on any atom is 0.0984 e. The van der Waals surface area contributed by atoms with Crippen LogP contribution in [-0.4, -0.2) is 37.0 Å². The number of anilines is 1. The molecule has 106 valence electrons. The van der Waals surface area contributed by atoms with Crippen LogP contribution in [0.3, 0.4) is 0 Å². The van der Waals surface area contributed by atoms with Crippen molar-refractivity contribution in [2.45, 2.75) is 32.1 Å². The molecule has 4 nitrogen and oxygen atoms in total. The topological polar surface area (TPSA) is 58.7 Å². The number of ether oxygens (including phenoxy) is 1. The smallest absolute Gasteiger partial charge is 0.0984 e. The second-order valence-electron chi connectivity index (χ2n) is 5.15. The van der Waals surface area contributed by atoms with Gasteiger partial charge in [0, 0.05) is 29.3 Å². The number of halogens is 1. The molecule has 1 aromatic carbocycles. The van der Waals surface area contributed by atoms with E-state index in [-0.39, 0.29) is 24.9 Å². The van der Waals surface area contributed by atoms with E-state index >= 15 is 0 Å². The van der Waals surface area contributed by atoms with E-state index in [2.05, 4.69) is 39.0 Å². The highest BCUT2D eigenvalue weighted by molar-refractivity contribution is 9.10. The van der Waals surface area contributed by atoms with Gasteiger partial charge in [-0.3, -0.25) is 0 Å². The molecule has 1 aromatic rings. The summed E-state index contributed by atoms with van der Waals surface area (Å²) in [5.74, 6) is 0. The lowest BCUT2D eigenvalue weighted by atomic mass is 10.1. The van der Waals surface area contributed by atoms with Crippen LogP contribution in [0.1, 0.15) is 25.5 Å². The quantitative estimate of drug-likeness (QED) is 0.891. The molecule has 1 aliphatic rings. The molecular weight excluding hydrogens is 308 g/mol. The fourth-order valence-corrected chi connectivity index (χ4v) is 3.17. The summed E-state index contributed by atoms with van der Waals surface area (Å²) in [6.07, 6.45) is 0.00779. The molecule has 0 spiro atoms. The van der Waals surface area contributed by atoms with Gasteiger partial charge in [-0.1, -0.05) is 22.0 Å². The molecule has 0 aliphatic carbocycles. The second-order valence-corrected chi connectivity index (χ2v) is 6.01. The summed E-state index contributed by atoms with van der Waals surface area (Å²) >= 11 is 3.57. The Labute approximate surface area is 122 Å². The van der Waals surface area contributed by atoms with Crippen molar-refractivity contribution in [2.24, 2.45) is 5.73 Å². The standard InChI is InChI=1S/C14H21BrN2O2/c1-9-6-17(7-12(8-18)19-9)11-3-4-13(10(2)16)14(15)5-11/h3-5,9-10,12,18H,6-8,16H2,1-2H3/t9?,10-,12?/m1/s1. The number of hydrogen-bond acceptors (Lipinski definition) is 4. The minimum atomic E-state index is -0.115. The third-order valence-corrected chi connectivity index (χ3v) is 4.06. The molecule has 0 saturated carbocycles. The Kier molecular flexibility index (Phi) is 4.84. The number of benzene rings is 1. The molecule has 3 N–H and O–H groups in total. The number of hydrogen-bond donors (Lipinski definition) is 2. The number of aliphatic hydroxyl groups is 1. The van der Waals surface area contributed by atoms with Crippen molar-refractivity contribution >= 4 is 21.6 Å². The van der Waals surface area contributed by atoms with Gasteiger partial charge in [0.25, 0.3) is 0 Å². The predicted molar refractivity (Wildman–Crippen MR) is 80.4 cm³/mol. The van der Waals surface area contributed by atoms with Gasteiger partial charge in [-0.2, -0.15) is 0 Å². The molecule has 1 heterocycles. The summed E-state index contributed by atoms with van der Waals surface area (Å²) in [4.78, 5) is 2.24. The van der Waals surface area contributed by atoms with Crippen LogP contribution < -0.4 is 10.6 Å². The molecule has 1 saturated heterocycles. The summed E-state index contributed by atoms with van der Waals surface area (Å²) < 4.78 is 6.68. The van der Waals surface area contributed by atoms with Crippen LogP contribution >= 0.6 is 15.9 Å². The van der Waals surface area contributed by atoms with Gasteiger partial charge >= 0.3 is 0 Å². The lowest BCUT2D eigenvalue weighted by Crippen LogP contribution is -2.48. The summed E-state index contributed by atoms with van der Waals surface area (Å²) in [6, 6.07) is 6.23. The van der Waals surface area contributed by atoms with E-state index in [1.165, 1.54) is 0 Å². The molecule has 2 unspecified atom stereocenters. The molecule has 1 fully saturated rings. The molecule has 19 heavy (non-hydrogen) atoms. The van der Waals surface area contributed by atoms with Crippen molar-refractivity contribution in [2.75, 3.05) is 24.6 Å². The van der Waals surface area contributed by atoms with Crippen molar-refractivity contribution < 1.29 is 9.84 Å². The highest BCUT2D eigenvalue weighted by atomic mass is 79.9. The van der Waals surface area contributed by atoms with E-state index < -0.39 is 0 Å². The van der Waals surface area contributed by atoms with Gasteiger partial charge in [0.05, 0.1) is 18.8 Å². The Morgan fingerprint density at radius 2 is 2.26 bits per heavy atom. The third-order valence-electron chi connectivity index (χ3n) is 3.37. The Morgan fingerprint density at radius 3 is 2.84 bits per heavy atom. The van der Waals surface area contributed by atoms with Gasteiger partial charge < -0.3 is 20.5 Å². The average Bonchev–Trinajstić information content (AvgIpc) is 2.37. The van der Waals surface area contributed by atoms with E-state index in [0.29, 0.717) is 6.54 Å². The first-order valence-electron chi connectivity index (χ1n) is 6.57. The van der Waals surface area contributed by atoms with Crippen molar-refractivity contribution in [3.63, 3.8) is 0 Å². The second kappa shape index (κ2) is 6.22. The number of nitrogens with zero attached hydrogens (tertiary/aromatic N) is 1. The fourth-order valence-electron chi connectivity index (χ4n) is 2.44. The molecular formula is C14H21BrN2O2. The Morgan fingerprint density at radius 1 is 1.53 bits per heavy atom. The van der Waals surface area contributed by atoms with Gasteiger partial charge in [-0.25, -0.2) is 0 Å². The van der Waals surface area contributed by atoms with Crippen molar-refractivity contribution in [1.82, 2.24) is 0 Å². The molecule has 0 bridgehead atoms. The molecule has 1 aliphatic heterocycles. The molecule has 0 radical (unpaired) electrons. The molecule has 0 amide bonds. The summed E-state index contributed by atoms with van der Waals surface area (Å²) in [5, 5.41) is 9.27. The van der Waals surface area contributed by atoms with Gasteiger partial charge in [0.15, 0.2) is 0 Å². The van der Waals surface area contributed by atoms with Crippen LogP contribution in [0.2, 0.25) is 0 Å². The first-order valence-corrected chi connectivity index (χ1v) is 7.37. The van der Waals surface area contributed by atoms with Crippen LogP contribution in [0.4, 0.5) is 5.69 Å². The van der Waals surface area contributed by atoms with E-state index in [4.69, 9.17) is 10.5 Å². The maximum atomic E-state index is 9.27. The zero-order chi connectivity index (χ0) is 14.0. The van der Waals surface area contributed by atoms with Crippen molar-refractivity contribution in [1.29, 1.82) is 0 Å². The number of nitrogens with two attached hydrogens (primary N) is 1. The van der Waals surface area contributed by atoms with E-state index in [0.717, 1.165) is 22.3 Å². The van der Waals surface area contributed by atoms with E-state index in [1.54, 1.807) is 0 Å². The highest BCUT2D eigenvalue weighted by Gasteiger charge is 2.25. The predicted octanol–water partition coefficient (Wildman–Crippen LogP) is 2.05. The molecule has 5 heteroatoms. The zero-order valence-electron chi connectivity index (χ0n) is 11.3. The lowest BCUT2D eigenvalue weighted by molar-refractivity contribution is -0.0421. The molecule has 3 atom stereocenters. The van der Waals surface area contributed by atoms with Gasteiger partial charge in [0.1, 0.15) is 0 Å². The minimum absolute atomic E-state index is 0.0113. The van der Waals surface area contributed by atoms with Crippen LogP contribution in [0.15, 0.2) is 22.7 Å². The first-order chi connectivity index (χ1) is 9.01. The Hall–Kier alpha value is -0.620. The monoisotopic (exact) mass is 328 g/mol. The molecule has 2 rings (SSSR count). The highest BCUT2D eigenvalue weighted by Crippen LogP contribution is 2.29. The van der Waals surface area contributed by atoms with E-state index in [9.17, 15) is 5.11 Å². The minimum Gasteiger partial charge on any atom is -0.394 e. The van der Waals surface area contributed by atoms with E-state index in [1.807, 2.05) is 13.8 Å². The Bertz CT molecular complexity index is 439. The zero-order valence-corrected chi connectivity index (χ0v) is 12.9. The summed E-state index contributed by atoms with van der Waals surface area (Å²) in [6.45, 7) is 5.60. The van der Waals surface area contributed by atoms with Crippen LogP contribution in [-0.2, 0) is 4.74 Å². The SMILES string of the molecule is CC1CN(c2ccc([C@@H](C)N)c(Br)c2)CC(CO)O1. The van der Waals surface area contributed by atoms with Gasteiger partial charge in [-0.05, 0) is 31.5 Å². The third kappa shape index (κ3) is 3.48. The Balaban J connectivity index is 2.19. The van der Waals surface area contributed by atoms with Crippen molar-refractivity contribution in [3.8, 4) is 0 Å². The fraction of sp³-hybridized carbons (Fsp3) is 0.571. The first kappa shape index (κ1) is 14.8. The number of aliphatic hydroxyl groups excluding tert-OH is 1. The van der Waals surface area contributed by atoms with Gasteiger partial charge in [0.2, 0.25) is 0 Å². The van der Waals surface area contributed by atoms with Crippen LogP contribution in [0.5, 0.6) is 0 Å². The average molecular weight is 329 g/mol. The van der Waals surface area contributed by atoms with Crippen molar-refractivity contribution in [3.05, 3.63) is 28.2 Å². The maximum absolute atomic E-state index is 9.27.